The molecule has 108 valence electrons. The summed E-state index contributed by atoms with van der Waals surface area (Å²) in [6.45, 7) is 11.9. The Labute approximate surface area is 115 Å². The van der Waals surface area contributed by atoms with Crippen LogP contribution >= 0.6 is 0 Å². The Bertz CT molecular complexity index is 370. The maximum Gasteiger partial charge on any atom is 0.410 e. The molecule has 19 heavy (non-hydrogen) atoms. The molecule has 0 N–H and O–H groups in total. The van der Waals surface area contributed by atoms with Gasteiger partial charge in [-0.1, -0.05) is 6.08 Å². The largest absolute Gasteiger partial charge is 0.444 e. The van der Waals surface area contributed by atoms with E-state index in [-0.39, 0.29) is 11.9 Å². The maximum absolute atomic E-state index is 12.1. The van der Waals surface area contributed by atoms with E-state index < -0.39 is 11.0 Å². The number of allylic oxidation sites excluding steroid dienone is 1. The average molecular weight is 267 g/mol. The van der Waals surface area contributed by atoms with E-state index in [4.69, 9.17) is 4.74 Å². The third-order valence-electron chi connectivity index (χ3n) is 3.51. The summed E-state index contributed by atoms with van der Waals surface area (Å²) in [5, 5.41) is 0. The van der Waals surface area contributed by atoms with Crippen LogP contribution in [-0.4, -0.2) is 35.5 Å². The first-order chi connectivity index (χ1) is 8.70. The number of carbonyl (C=O) groups is 2. The zero-order valence-electron chi connectivity index (χ0n) is 12.5. The van der Waals surface area contributed by atoms with Crippen LogP contribution in [0.5, 0.6) is 0 Å². The number of nitrogens with zero attached hydrogens (tertiary/aromatic N) is 1. The lowest BCUT2D eigenvalue weighted by molar-refractivity contribution is -0.129. The van der Waals surface area contributed by atoms with Crippen LogP contribution in [0.2, 0.25) is 0 Å². The summed E-state index contributed by atoms with van der Waals surface area (Å²) in [7, 11) is 0. The monoisotopic (exact) mass is 267 g/mol. The van der Waals surface area contributed by atoms with Gasteiger partial charge in [0.2, 0.25) is 0 Å². The molecule has 4 nitrogen and oxygen atoms in total. The average Bonchev–Trinajstić information content (AvgIpc) is 2.27. The first-order valence-electron chi connectivity index (χ1n) is 6.80. The highest BCUT2D eigenvalue weighted by Crippen LogP contribution is 2.35. The van der Waals surface area contributed by atoms with Gasteiger partial charge in [0.15, 0.2) is 0 Å². The maximum atomic E-state index is 12.1. The Balaban J connectivity index is 2.80. The molecule has 0 saturated carbocycles. The van der Waals surface area contributed by atoms with Crippen LogP contribution in [0.3, 0.4) is 0 Å². The normalized spacial score (nSPS) is 23.9. The van der Waals surface area contributed by atoms with Gasteiger partial charge >= 0.3 is 6.09 Å². The van der Waals surface area contributed by atoms with Crippen LogP contribution in [0.25, 0.3) is 0 Å². The summed E-state index contributed by atoms with van der Waals surface area (Å²) in [6.07, 6.45) is 3.68. The zero-order valence-corrected chi connectivity index (χ0v) is 12.5. The summed E-state index contributed by atoms with van der Waals surface area (Å²) in [5.41, 5.74) is -0.983. The van der Waals surface area contributed by atoms with Gasteiger partial charge in [0.05, 0.1) is 0 Å². The van der Waals surface area contributed by atoms with Gasteiger partial charge in [-0.25, -0.2) is 4.79 Å². The van der Waals surface area contributed by atoms with E-state index in [9.17, 15) is 9.59 Å². The molecule has 0 aromatic rings. The Morgan fingerprint density at radius 2 is 2.05 bits per heavy atom. The highest BCUT2D eigenvalue weighted by Gasteiger charge is 2.41. The van der Waals surface area contributed by atoms with E-state index in [1.165, 1.54) is 0 Å². The smallest absolute Gasteiger partial charge is 0.410 e. The SMILES string of the molecule is C=CCC1(C(C)=O)CCCN(C(=O)OC(C)(C)C)C1. The van der Waals surface area contributed by atoms with Crippen LogP contribution in [-0.2, 0) is 9.53 Å². The molecule has 0 spiro atoms. The van der Waals surface area contributed by atoms with Gasteiger partial charge in [0, 0.05) is 18.5 Å². The molecule has 0 aromatic heterocycles. The van der Waals surface area contributed by atoms with Crippen molar-refractivity contribution in [2.45, 2.75) is 52.6 Å². The number of carbonyl (C=O) groups excluding carboxylic acids is 2. The molecule has 0 aliphatic carbocycles. The molecule has 1 heterocycles. The number of likely N-dealkylation sites (tertiary alicyclic amines) is 1. The van der Waals surface area contributed by atoms with Gasteiger partial charge in [-0.2, -0.15) is 0 Å². The Morgan fingerprint density at radius 3 is 2.53 bits per heavy atom. The van der Waals surface area contributed by atoms with Crippen molar-refractivity contribution in [3.8, 4) is 0 Å². The quantitative estimate of drug-likeness (QED) is 0.738. The minimum Gasteiger partial charge on any atom is -0.444 e. The summed E-state index contributed by atoms with van der Waals surface area (Å²) in [4.78, 5) is 25.7. The topological polar surface area (TPSA) is 46.6 Å². The van der Waals surface area contributed by atoms with E-state index >= 15 is 0 Å². The molecule has 1 atom stereocenters. The third-order valence-corrected chi connectivity index (χ3v) is 3.51. The number of rotatable bonds is 3. The van der Waals surface area contributed by atoms with Gasteiger partial charge in [-0.15, -0.1) is 6.58 Å². The first kappa shape index (κ1) is 15.7. The van der Waals surface area contributed by atoms with Gasteiger partial charge in [0.1, 0.15) is 11.4 Å². The molecule has 1 amide bonds. The summed E-state index contributed by atoms with van der Waals surface area (Å²) >= 11 is 0. The number of ether oxygens (including phenoxy) is 1. The lowest BCUT2D eigenvalue weighted by Gasteiger charge is -2.41. The standard InChI is InChI=1S/C15H25NO3/c1-6-8-15(12(2)17)9-7-10-16(11-15)13(18)19-14(3,4)5/h6H,1,7-11H2,2-5H3. The predicted octanol–water partition coefficient (Wildman–Crippen LogP) is 3.17. The zero-order chi connectivity index (χ0) is 14.7. The van der Waals surface area contributed by atoms with Gasteiger partial charge < -0.3 is 9.64 Å². The lowest BCUT2D eigenvalue weighted by atomic mass is 9.74. The number of piperidine rings is 1. The summed E-state index contributed by atoms with van der Waals surface area (Å²) < 4.78 is 5.38. The molecular weight excluding hydrogens is 242 g/mol. The molecule has 1 fully saturated rings. The second-order valence-electron chi connectivity index (χ2n) is 6.33. The van der Waals surface area contributed by atoms with E-state index in [1.54, 1.807) is 17.9 Å². The van der Waals surface area contributed by atoms with Crippen molar-refractivity contribution >= 4 is 11.9 Å². The summed E-state index contributed by atoms with van der Waals surface area (Å²) in [5.74, 6) is 0.126. The van der Waals surface area contributed by atoms with E-state index in [0.29, 0.717) is 19.5 Å². The highest BCUT2D eigenvalue weighted by atomic mass is 16.6. The molecule has 1 rings (SSSR count). The lowest BCUT2D eigenvalue weighted by Crippen LogP contribution is -2.50. The third kappa shape index (κ3) is 4.08. The second-order valence-corrected chi connectivity index (χ2v) is 6.33. The van der Waals surface area contributed by atoms with Crippen LogP contribution in [0.15, 0.2) is 12.7 Å². The van der Waals surface area contributed by atoms with E-state index in [0.717, 1.165) is 12.8 Å². The van der Waals surface area contributed by atoms with Crippen molar-refractivity contribution in [3.63, 3.8) is 0 Å². The van der Waals surface area contributed by atoms with Gasteiger partial charge in [-0.3, -0.25) is 4.79 Å². The molecule has 0 aromatic carbocycles. The van der Waals surface area contributed by atoms with Crippen molar-refractivity contribution in [1.29, 1.82) is 0 Å². The molecule has 1 saturated heterocycles. The highest BCUT2D eigenvalue weighted by molar-refractivity contribution is 5.83. The van der Waals surface area contributed by atoms with Crippen LogP contribution in [0.1, 0.15) is 47.0 Å². The van der Waals surface area contributed by atoms with Crippen molar-refractivity contribution in [2.75, 3.05) is 13.1 Å². The van der Waals surface area contributed by atoms with Crippen molar-refractivity contribution in [3.05, 3.63) is 12.7 Å². The summed E-state index contributed by atoms with van der Waals surface area (Å²) in [6, 6.07) is 0. The molecule has 1 unspecified atom stereocenters. The Hall–Kier alpha value is -1.32. The van der Waals surface area contributed by atoms with Gasteiger partial charge in [-0.05, 0) is 47.0 Å². The minimum atomic E-state index is -0.508. The number of amides is 1. The number of hydrogen-bond acceptors (Lipinski definition) is 3. The number of ketones is 1. The predicted molar refractivity (Wildman–Crippen MR) is 75.0 cm³/mol. The minimum absolute atomic E-state index is 0.126. The van der Waals surface area contributed by atoms with Crippen LogP contribution < -0.4 is 0 Å². The van der Waals surface area contributed by atoms with E-state index in [2.05, 4.69) is 6.58 Å². The van der Waals surface area contributed by atoms with Crippen molar-refractivity contribution in [1.82, 2.24) is 4.90 Å². The van der Waals surface area contributed by atoms with Gasteiger partial charge in [0.25, 0.3) is 0 Å². The fourth-order valence-electron chi connectivity index (χ4n) is 2.49. The molecule has 1 aliphatic rings. The molecule has 0 radical (unpaired) electrons. The number of Topliss-reactive ketones (excluding diaryl/α,β-unsaturated/α-hetero) is 1. The number of hydrogen-bond donors (Lipinski definition) is 0. The molecule has 0 bridgehead atoms. The van der Waals surface area contributed by atoms with E-state index in [1.807, 2.05) is 20.8 Å². The van der Waals surface area contributed by atoms with Crippen LogP contribution in [0.4, 0.5) is 4.79 Å². The Morgan fingerprint density at radius 1 is 1.42 bits per heavy atom. The van der Waals surface area contributed by atoms with Crippen molar-refractivity contribution < 1.29 is 14.3 Å². The molecule has 1 aliphatic heterocycles. The van der Waals surface area contributed by atoms with Crippen molar-refractivity contribution in [2.24, 2.45) is 5.41 Å². The van der Waals surface area contributed by atoms with Crippen LogP contribution in [0, 0.1) is 5.41 Å². The Kier molecular flexibility index (Phi) is 4.77. The fourth-order valence-corrected chi connectivity index (χ4v) is 2.49. The first-order valence-corrected chi connectivity index (χ1v) is 6.80. The molecule has 4 heteroatoms. The fraction of sp³-hybridized carbons (Fsp3) is 0.733. The second kappa shape index (κ2) is 5.76. The molecular formula is C15H25NO3.